The first-order valence-corrected chi connectivity index (χ1v) is 13.2. The summed E-state index contributed by atoms with van der Waals surface area (Å²) in [5.41, 5.74) is 7.42. The summed E-state index contributed by atoms with van der Waals surface area (Å²) in [5.74, 6) is 2.07. The van der Waals surface area contributed by atoms with Crippen molar-refractivity contribution >= 4 is 11.0 Å². The molecule has 0 unspecified atom stereocenters. The van der Waals surface area contributed by atoms with Crippen molar-refractivity contribution in [2.24, 2.45) is 0 Å². The zero-order valence-corrected chi connectivity index (χ0v) is 21.1. The van der Waals surface area contributed by atoms with Gasteiger partial charge in [0.05, 0.1) is 6.61 Å². The van der Waals surface area contributed by atoms with Crippen LogP contribution in [0.4, 0.5) is 0 Å². The molecule has 0 atom stereocenters. The van der Waals surface area contributed by atoms with E-state index in [1.54, 1.807) is 0 Å². The summed E-state index contributed by atoms with van der Waals surface area (Å²) in [4.78, 5) is 0. The number of hydrogen-bond acceptors (Lipinski definition) is 2. The highest BCUT2D eigenvalue weighted by Gasteiger charge is 2.14. The number of unbranched alkanes of at least 4 members (excludes halogenated alkanes) is 1. The van der Waals surface area contributed by atoms with E-state index < -0.39 is 0 Å². The van der Waals surface area contributed by atoms with Gasteiger partial charge in [0, 0.05) is 23.8 Å². The zero-order chi connectivity index (χ0) is 24.6. The van der Waals surface area contributed by atoms with E-state index in [0.29, 0.717) is 0 Å². The molecule has 0 fully saturated rings. The minimum Gasteiger partial charge on any atom is -0.494 e. The van der Waals surface area contributed by atoms with Gasteiger partial charge >= 0.3 is 0 Å². The third-order valence-corrected chi connectivity index (χ3v) is 6.78. The molecule has 0 saturated carbocycles. The second-order valence-electron chi connectivity index (χ2n) is 9.44. The predicted octanol–water partition coefficient (Wildman–Crippen LogP) is 9.04. The average molecular weight is 475 g/mol. The van der Waals surface area contributed by atoms with E-state index in [9.17, 15) is 0 Å². The number of hydrogen-bond donors (Lipinski definition) is 0. The van der Waals surface area contributed by atoms with Gasteiger partial charge in [0.25, 0.3) is 0 Å². The molecule has 182 valence electrons. The molecule has 36 heavy (non-hydrogen) atoms. The molecule has 0 aliphatic rings. The number of fused-ring (bicyclic) bond motifs is 1. The van der Waals surface area contributed by atoms with Crippen molar-refractivity contribution in [3.63, 3.8) is 0 Å². The Morgan fingerprint density at radius 1 is 0.639 bits per heavy atom. The van der Waals surface area contributed by atoms with Gasteiger partial charge in [-0.2, -0.15) is 0 Å². The largest absolute Gasteiger partial charge is 0.494 e. The molecule has 0 amide bonds. The van der Waals surface area contributed by atoms with Crippen molar-refractivity contribution in [2.75, 3.05) is 6.61 Å². The van der Waals surface area contributed by atoms with Crippen LogP contribution < -0.4 is 4.74 Å². The fourth-order valence-corrected chi connectivity index (χ4v) is 4.76. The maximum absolute atomic E-state index is 6.22. The van der Waals surface area contributed by atoms with Gasteiger partial charge < -0.3 is 9.15 Å². The van der Waals surface area contributed by atoms with Crippen molar-refractivity contribution < 1.29 is 9.15 Å². The molecule has 5 rings (SSSR count). The lowest BCUT2D eigenvalue weighted by atomic mass is 9.97. The Bertz CT molecular complexity index is 1360. The summed E-state index contributed by atoms with van der Waals surface area (Å²) in [6.07, 6.45) is 6.27. The van der Waals surface area contributed by atoms with Crippen LogP contribution in [0.1, 0.15) is 48.6 Å². The summed E-state index contributed by atoms with van der Waals surface area (Å²) in [6, 6.07) is 36.4. The van der Waals surface area contributed by atoms with Gasteiger partial charge in [0.15, 0.2) is 0 Å². The highest BCUT2D eigenvalue weighted by atomic mass is 16.5. The number of aryl methyl sites for hydroxylation is 2. The van der Waals surface area contributed by atoms with Gasteiger partial charge in [-0.25, -0.2) is 0 Å². The molecular weight excluding hydrogens is 440 g/mol. The number of benzene rings is 4. The van der Waals surface area contributed by atoms with Crippen LogP contribution in [-0.2, 0) is 19.3 Å². The molecule has 0 saturated heterocycles. The lowest BCUT2D eigenvalue weighted by Crippen LogP contribution is -1.99. The van der Waals surface area contributed by atoms with Crippen molar-refractivity contribution in [3.8, 4) is 16.9 Å². The molecule has 1 aromatic heterocycles. The summed E-state index contributed by atoms with van der Waals surface area (Å²) in [5, 5.41) is 1.24. The first-order valence-electron chi connectivity index (χ1n) is 13.2. The SMILES string of the molecule is CCCCc1oc2ccccc2c1Cc1ccc(-c2ccc(OCCCc3ccccc3)cc2)cc1. The fourth-order valence-electron chi connectivity index (χ4n) is 4.76. The Kier molecular flexibility index (Phi) is 7.83. The van der Waals surface area contributed by atoms with E-state index >= 15 is 0 Å². The molecular formula is C34H34O2. The van der Waals surface area contributed by atoms with E-state index in [2.05, 4.69) is 110 Å². The van der Waals surface area contributed by atoms with Crippen LogP contribution in [0.5, 0.6) is 5.75 Å². The van der Waals surface area contributed by atoms with Crippen LogP contribution in [0, 0.1) is 0 Å². The smallest absolute Gasteiger partial charge is 0.134 e. The fraction of sp³-hybridized carbons (Fsp3) is 0.235. The Morgan fingerprint density at radius 2 is 1.33 bits per heavy atom. The Hall–Kier alpha value is -3.78. The van der Waals surface area contributed by atoms with E-state index in [0.717, 1.165) is 55.8 Å². The maximum Gasteiger partial charge on any atom is 0.134 e. The molecule has 2 heteroatoms. The van der Waals surface area contributed by atoms with Crippen LogP contribution in [0.15, 0.2) is 108 Å². The third-order valence-electron chi connectivity index (χ3n) is 6.78. The molecule has 0 N–H and O–H groups in total. The zero-order valence-electron chi connectivity index (χ0n) is 21.1. The van der Waals surface area contributed by atoms with Crippen LogP contribution in [0.3, 0.4) is 0 Å². The minimum absolute atomic E-state index is 0.728. The van der Waals surface area contributed by atoms with E-state index in [1.165, 1.54) is 39.6 Å². The van der Waals surface area contributed by atoms with E-state index in [1.807, 2.05) is 0 Å². The minimum atomic E-state index is 0.728. The van der Waals surface area contributed by atoms with Gasteiger partial charge in [-0.3, -0.25) is 0 Å². The quantitative estimate of drug-likeness (QED) is 0.178. The van der Waals surface area contributed by atoms with Gasteiger partial charge in [-0.05, 0) is 59.7 Å². The van der Waals surface area contributed by atoms with Gasteiger partial charge in [-0.15, -0.1) is 0 Å². The molecule has 0 spiro atoms. The summed E-state index contributed by atoms with van der Waals surface area (Å²) in [6.45, 7) is 2.96. The topological polar surface area (TPSA) is 22.4 Å². The molecule has 0 radical (unpaired) electrons. The molecule has 0 bridgehead atoms. The highest BCUT2D eigenvalue weighted by Crippen LogP contribution is 2.30. The molecule has 0 aliphatic carbocycles. The second-order valence-corrected chi connectivity index (χ2v) is 9.44. The first-order chi connectivity index (χ1) is 17.8. The third kappa shape index (κ3) is 5.88. The average Bonchev–Trinajstić information content (AvgIpc) is 3.28. The lowest BCUT2D eigenvalue weighted by Gasteiger charge is -2.09. The molecule has 1 heterocycles. The molecule has 2 nitrogen and oxygen atoms in total. The van der Waals surface area contributed by atoms with Crippen molar-refractivity contribution in [1.82, 2.24) is 0 Å². The molecule has 0 aliphatic heterocycles. The van der Waals surface area contributed by atoms with Crippen LogP contribution in [0.2, 0.25) is 0 Å². The predicted molar refractivity (Wildman–Crippen MR) is 150 cm³/mol. The second kappa shape index (κ2) is 11.8. The molecule has 4 aromatic carbocycles. The van der Waals surface area contributed by atoms with Crippen LogP contribution >= 0.6 is 0 Å². The van der Waals surface area contributed by atoms with Crippen molar-refractivity contribution in [3.05, 3.63) is 126 Å². The lowest BCUT2D eigenvalue weighted by molar-refractivity contribution is 0.311. The molecule has 5 aromatic rings. The first kappa shape index (κ1) is 23.9. The van der Waals surface area contributed by atoms with Gasteiger partial charge in [0.2, 0.25) is 0 Å². The number of para-hydroxylation sites is 1. The Morgan fingerprint density at radius 3 is 2.08 bits per heavy atom. The van der Waals surface area contributed by atoms with Crippen LogP contribution in [0.25, 0.3) is 22.1 Å². The Balaban J connectivity index is 1.21. The number of ether oxygens (including phenoxy) is 1. The maximum atomic E-state index is 6.22. The monoisotopic (exact) mass is 474 g/mol. The van der Waals surface area contributed by atoms with Gasteiger partial charge in [-0.1, -0.05) is 98.3 Å². The van der Waals surface area contributed by atoms with Gasteiger partial charge in [0.1, 0.15) is 17.1 Å². The van der Waals surface area contributed by atoms with E-state index in [4.69, 9.17) is 9.15 Å². The van der Waals surface area contributed by atoms with Crippen molar-refractivity contribution in [1.29, 1.82) is 0 Å². The summed E-state index contributed by atoms with van der Waals surface area (Å²) in [7, 11) is 0. The standard InChI is InChI=1S/C34H34O2/c1-2-3-14-34-32(31-13-7-8-15-33(31)36-34)25-27-16-18-28(19-17-27)29-20-22-30(23-21-29)35-24-9-12-26-10-5-4-6-11-26/h4-8,10-11,13,15-23H,2-3,9,12,14,24-25H2,1H3. The highest BCUT2D eigenvalue weighted by molar-refractivity contribution is 5.82. The van der Waals surface area contributed by atoms with Crippen LogP contribution in [-0.4, -0.2) is 6.61 Å². The summed E-state index contributed by atoms with van der Waals surface area (Å²) >= 11 is 0. The summed E-state index contributed by atoms with van der Waals surface area (Å²) < 4.78 is 12.2. The van der Waals surface area contributed by atoms with E-state index in [-0.39, 0.29) is 0 Å². The Labute approximate surface area is 214 Å². The number of furan rings is 1. The van der Waals surface area contributed by atoms with Crippen molar-refractivity contribution in [2.45, 2.75) is 45.4 Å². The normalized spacial score (nSPS) is 11.1. The number of rotatable bonds is 11.